The molecule has 1 aliphatic heterocycles. The van der Waals surface area contributed by atoms with Crippen LogP contribution in [0.1, 0.15) is 12.8 Å². The quantitative estimate of drug-likeness (QED) is 0.556. The fraction of sp³-hybridized carbons (Fsp3) is 0.800. The lowest BCUT2D eigenvalue weighted by atomic mass is 9.75. The molecule has 2 aliphatic carbocycles. The van der Waals surface area contributed by atoms with E-state index >= 15 is 0 Å². The predicted molar refractivity (Wildman–Crippen MR) is 46.7 cm³/mol. The van der Waals surface area contributed by atoms with Gasteiger partial charge in [-0.05, 0) is 30.6 Å². The fourth-order valence-corrected chi connectivity index (χ4v) is 3.04. The molecular weight excluding hydrogens is 150 g/mol. The van der Waals surface area contributed by atoms with Gasteiger partial charge in [-0.2, -0.15) is 0 Å². The van der Waals surface area contributed by atoms with Gasteiger partial charge < -0.3 is 10.4 Å². The van der Waals surface area contributed by atoms with Crippen molar-refractivity contribution in [1.29, 1.82) is 0 Å². The van der Waals surface area contributed by atoms with Gasteiger partial charge >= 0.3 is 0 Å². The monoisotopic (exact) mass is 165 g/mol. The van der Waals surface area contributed by atoms with E-state index in [1.54, 1.807) is 0 Å². The molecule has 1 heterocycles. The van der Waals surface area contributed by atoms with Gasteiger partial charge in [-0.25, -0.2) is 0 Å². The summed E-state index contributed by atoms with van der Waals surface area (Å²) in [6.07, 6.45) is 7.16. The number of allylic oxidation sites excluding steroid dienone is 2. The zero-order valence-electron chi connectivity index (χ0n) is 7.16. The number of hydrogen-bond donors (Lipinski definition) is 2. The van der Waals surface area contributed by atoms with E-state index in [2.05, 4.69) is 17.5 Å². The first-order valence-electron chi connectivity index (χ1n) is 4.89. The molecule has 3 aliphatic rings. The Kier molecular flexibility index (Phi) is 1.25. The lowest BCUT2D eigenvalue weighted by Crippen LogP contribution is -2.64. The number of nitrogens with one attached hydrogen (secondary N) is 1. The maximum absolute atomic E-state index is 10.1. The third-order valence-electron chi connectivity index (χ3n) is 3.83. The number of β-amino-alcohol motifs (C(OH)–C–C–N with tert-alkyl or cyclic N) is 1. The van der Waals surface area contributed by atoms with E-state index < -0.39 is 0 Å². The zero-order valence-corrected chi connectivity index (χ0v) is 7.16. The van der Waals surface area contributed by atoms with Crippen LogP contribution in [0.15, 0.2) is 12.2 Å². The maximum Gasteiger partial charge on any atom is 0.0928 e. The summed E-state index contributed by atoms with van der Waals surface area (Å²) in [7, 11) is 0. The molecule has 0 aromatic carbocycles. The number of rotatable bonds is 1. The first kappa shape index (κ1) is 7.10. The van der Waals surface area contributed by atoms with Crippen LogP contribution in [0.4, 0.5) is 0 Å². The van der Waals surface area contributed by atoms with Gasteiger partial charge in [0.1, 0.15) is 0 Å². The van der Waals surface area contributed by atoms with Crippen molar-refractivity contribution < 1.29 is 5.11 Å². The van der Waals surface area contributed by atoms with Crippen molar-refractivity contribution in [3.63, 3.8) is 0 Å². The Labute approximate surface area is 72.7 Å². The predicted octanol–water partition coefficient (Wildman–Crippen LogP) is 0.533. The lowest BCUT2D eigenvalue weighted by Gasteiger charge is -2.45. The van der Waals surface area contributed by atoms with Crippen LogP contribution in [0, 0.1) is 17.8 Å². The van der Waals surface area contributed by atoms with Gasteiger partial charge in [0.15, 0.2) is 0 Å². The topological polar surface area (TPSA) is 32.3 Å². The number of aliphatic hydroxyl groups is 1. The van der Waals surface area contributed by atoms with Crippen molar-refractivity contribution in [2.45, 2.75) is 18.4 Å². The standard InChI is InChI=1S/C10H15NO/c12-10(5-11-6-10)9-4-7-1-2-8(9)3-7/h1-2,7-9,11-12H,3-6H2. The molecule has 1 saturated carbocycles. The molecule has 12 heavy (non-hydrogen) atoms. The summed E-state index contributed by atoms with van der Waals surface area (Å²) in [5, 5.41) is 13.3. The Bertz CT molecular complexity index is 232. The minimum atomic E-state index is -0.357. The van der Waals surface area contributed by atoms with Gasteiger partial charge in [-0.15, -0.1) is 0 Å². The van der Waals surface area contributed by atoms with Gasteiger partial charge in [-0.1, -0.05) is 12.2 Å². The van der Waals surface area contributed by atoms with Crippen molar-refractivity contribution in [1.82, 2.24) is 5.32 Å². The van der Waals surface area contributed by atoms with Crippen molar-refractivity contribution in [3.05, 3.63) is 12.2 Å². The molecule has 0 amide bonds. The highest BCUT2D eigenvalue weighted by Crippen LogP contribution is 2.48. The van der Waals surface area contributed by atoms with E-state index in [9.17, 15) is 5.11 Å². The zero-order chi connectivity index (χ0) is 8.18. The minimum absolute atomic E-state index is 0.357. The Morgan fingerprint density at radius 2 is 2.08 bits per heavy atom. The van der Waals surface area contributed by atoms with Crippen LogP contribution in [0.2, 0.25) is 0 Å². The van der Waals surface area contributed by atoms with Gasteiger partial charge in [0.05, 0.1) is 5.60 Å². The van der Waals surface area contributed by atoms with Gasteiger partial charge in [0, 0.05) is 13.1 Å². The second-order valence-electron chi connectivity index (χ2n) is 4.59. The highest BCUT2D eigenvalue weighted by molar-refractivity contribution is 5.16. The molecule has 1 saturated heterocycles. The summed E-state index contributed by atoms with van der Waals surface area (Å²) in [5.41, 5.74) is -0.357. The molecule has 2 bridgehead atoms. The van der Waals surface area contributed by atoms with E-state index in [-0.39, 0.29) is 5.60 Å². The SMILES string of the molecule is OC1(C2CC3C=CC2C3)CNC1. The highest BCUT2D eigenvalue weighted by atomic mass is 16.3. The Balaban J connectivity index is 1.82. The Morgan fingerprint density at radius 3 is 2.50 bits per heavy atom. The summed E-state index contributed by atoms with van der Waals surface area (Å²) < 4.78 is 0. The molecule has 2 nitrogen and oxygen atoms in total. The van der Waals surface area contributed by atoms with Crippen LogP contribution in [0.25, 0.3) is 0 Å². The molecule has 2 N–H and O–H groups in total. The molecule has 3 rings (SSSR count). The third-order valence-corrected chi connectivity index (χ3v) is 3.83. The average molecular weight is 165 g/mol. The summed E-state index contributed by atoms with van der Waals surface area (Å²) >= 11 is 0. The highest BCUT2D eigenvalue weighted by Gasteiger charge is 2.50. The van der Waals surface area contributed by atoms with E-state index in [1.165, 1.54) is 12.8 Å². The summed E-state index contributed by atoms with van der Waals surface area (Å²) in [6.45, 7) is 1.63. The van der Waals surface area contributed by atoms with Gasteiger partial charge in [0.25, 0.3) is 0 Å². The molecule has 66 valence electrons. The molecule has 0 radical (unpaired) electrons. The van der Waals surface area contributed by atoms with E-state index in [0.717, 1.165) is 19.0 Å². The van der Waals surface area contributed by atoms with Crippen LogP contribution in [-0.4, -0.2) is 23.8 Å². The van der Waals surface area contributed by atoms with Crippen molar-refractivity contribution in [2.75, 3.05) is 13.1 Å². The van der Waals surface area contributed by atoms with Crippen LogP contribution >= 0.6 is 0 Å². The molecule has 3 unspecified atom stereocenters. The van der Waals surface area contributed by atoms with Gasteiger partial charge in [0.2, 0.25) is 0 Å². The van der Waals surface area contributed by atoms with E-state index in [1.807, 2.05) is 0 Å². The fourth-order valence-electron chi connectivity index (χ4n) is 3.04. The molecule has 3 atom stereocenters. The Morgan fingerprint density at radius 1 is 1.25 bits per heavy atom. The van der Waals surface area contributed by atoms with Gasteiger partial charge in [-0.3, -0.25) is 0 Å². The second kappa shape index (κ2) is 2.12. The minimum Gasteiger partial charge on any atom is -0.387 e. The van der Waals surface area contributed by atoms with E-state index in [0.29, 0.717) is 11.8 Å². The largest absolute Gasteiger partial charge is 0.387 e. The summed E-state index contributed by atoms with van der Waals surface area (Å²) in [4.78, 5) is 0. The summed E-state index contributed by atoms with van der Waals surface area (Å²) in [6, 6.07) is 0. The summed E-state index contributed by atoms with van der Waals surface area (Å²) in [5.74, 6) is 2.01. The normalized spacial score (nSPS) is 47.9. The molecule has 2 heteroatoms. The third kappa shape index (κ3) is 0.771. The first-order chi connectivity index (χ1) is 5.78. The number of fused-ring (bicyclic) bond motifs is 2. The van der Waals surface area contributed by atoms with Crippen LogP contribution < -0.4 is 5.32 Å². The molecule has 2 fully saturated rings. The van der Waals surface area contributed by atoms with Crippen LogP contribution in [-0.2, 0) is 0 Å². The average Bonchev–Trinajstić information content (AvgIpc) is 2.59. The molecular formula is C10H15NO. The van der Waals surface area contributed by atoms with Crippen molar-refractivity contribution in [2.24, 2.45) is 17.8 Å². The maximum atomic E-state index is 10.1. The second-order valence-corrected chi connectivity index (χ2v) is 4.59. The van der Waals surface area contributed by atoms with Crippen LogP contribution in [0.3, 0.4) is 0 Å². The van der Waals surface area contributed by atoms with Crippen molar-refractivity contribution in [3.8, 4) is 0 Å². The molecule has 0 aromatic heterocycles. The molecule has 0 spiro atoms. The first-order valence-corrected chi connectivity index (χ1v) is 4.89. The van der Waals surface area contributed by atoms with Crippen molar-refractivity contribution >= 4 is 0 Å². The van der Waals surface area contributed by atoms with E-state index in [4.69, 9.17) is 0 Å². The number of hydrogen-bond acceptors (Lipinski definition) is 2. The molecule has 0 aromatic rings. The lowest BCUT2D eigenvalue weighted by molar-refractivity contribution is -0.0700. The van der Waals surface area contributed by atoms with Crippen LogP contribution in [0.5, 0.6) is 0 Å². The smallest absolute Gasteiger partial charge is 0.0928 e. The Hall–Kier alpha value is -0.340.